The van der Waals surface area contributed by atoms with Crippen molar-refractivity contribution in [1.82, 2.24) is 4.72 Å². The predicted molar refractivity (Wildman–Crippen MR) is 73.9 cm³/mol. The van der Waals surface area contributed by atoms with E-state index in [4.69, 9.17) is 4.42 Å². The lowest BCUT2D eigenvalue weighted by Gasteiger charge is -2.06. The third-order valence-electron chi connectivity index (χ3n) is 2.78. The van der Waals surface area contributed by atoms with Gasteiger partial charge in [0, 0.05) is 5.56 Å². The van der Waals surface area contributed by atoms with Gasteiger partial charge in [-0.2, -0.15) is 0 Å². The monoisotopic (exact) mass is 293 g/mol. The number of sulfonamides is 1. The molecule has 20 heavy (non-hydrogen) atoms. The van der Waals surface area contributed by atoms with Gasteiger partial charge in [-0.05, 0) is 38.1 Å². The van der Waals surface area contributed by atoms with Gasteiger partial charge < -0.3 is 4.42 Å². The molecule has 0 saturated carbocycles. The van der Waals surface area contributed by atoms with Crippen LogP contribution in [0.15, 0.2) is 45.7 Å². The Hall–Kier alpha value is -1.92. The Balaban J connectivity index is 2.17. The molecule has 0 spiro atoms. The van der Waals surface area contributed by atoms with E-state index in [2.05, 4.69) is 4.72 Å². The highest BCUT2D eigenvalue weighted by atomic mass is 32.2. The van der Waals surface area contributed by atoms with Crippen LogP contribution in [0, 0.1) is 6.92 Å². The third-order valence-corrected chi connectivity index (χ3v) is 4.18. The summed E-state index contributed by atoms with van der Waals surface area (Å²) in [5.74, 6) is 1.08. The molecule has 6 heteroatoms. The van der Waals surface area contributed by atoms with Crippen LogP contribution >= 0.6 is 0 Å². The summed E-state index contributed by atoms with van der Waals surface area (Å²) in [5.41, 5.74) is 0.363. The van der Waals surface area contributed by atoms with Gasteiger partial charge in [-0.1, -0.05) is 12.1 Å². The molecule has 1 aromatic heterocycles. The molecule has 0 unspecified atom stereocenters. The Kier molecular flexibility index (Phi) is 4.06. The van der Waals surface area contributed by atoms with Gasteiger partial charge in [0.15, 0.2) is 5.78 Å². The van der Waals surface area contributed by atoms with Crippen molar-refractivity contribution < 1.29 is 17.6 Å². The SMILES string of the molecule is CC(=O)c1cccc(S(=O)(=O)NCc2ccc(C)o2)c1. The highest BCUT2D eigenvalue weighted by Gasteiger charge is 2.15. The number of hydrogen-bond donors (Lipinski definition) is 1. The molecule has 1 heterocycles. The van der Waals surface area contributed by atoms with Gasteiger partial charge in [-0.25, -0.2) is 13.1 Å². The fraction of sp³-hybridized carbons (Fsp3) is 0.214. The van der Waals surface area contributed by atoms with Crippen LogP contribution < -0.4 is 4.72 Å². The first-order chi connectivity index (χ1) is 9.38. The second-order valence-electron chi connectivity index (χ2n) is 4.42. The number of benzene rings is 1. The molecule has 1 aromatic carbocycles. The molecule has 0 fully saturated rings. The van der Waals surface area contributed by atoms with Gasteiger partial charge in [0.05, 0.1) is 11.4 Å². The lowest BCUT2D eigenvalue weighted by atomic mass is 10.2. The lowest BCUT2D eigenvalue weighted by molar-refractivity contribution is 0.101. The lowest BCUT2D eigenvalue weighted by Crippen LogP contribution is -2.23. The number of Topliss-reactive ketones (excluding diaryl/α,β-unsaturated/α-hetero) is 1. The van der Waals surface area contributed by atoms with Crippen LogP contribution in [0.5, 0.6) is 0 Å². The minimum atomic E-state index is -3.67. The van der Waals surface area contributed by atoms with Crippen molar-refractivity contribution in [3.8, 4) is 0 Å². The molecule has 0 saturated heterocycles. The average Bonchev–Trinajstić information content (AvgIpc) is 2.82. The molecule has 0 aliphatic rings. The largest absolute Gasteiger partial charge is 0.465 e. The maximum Gasteiger partial charge on any atom is 0.240 e. The highest BCUT2D eigenvalue weighted by molar-refractivity contribution is 7.89. The van der Waals surface area contributed by atoms with Gasteiger partial charge in [-0.15, -0.1) is 0 Å². The van der Waals surface area contributed by atoms with Crippen molar-refractivity contribution in [3.05, 3.63) is 53.5 Å². The van der Waals surface area contributed by atoms with Crippen molar-refractivity contribution in [2.24, 2.45) is 0 Å². The van der Waals surface area contributed by atoms with E-state index in [1.807, 2.05) is 0 Å². The summed E-state index contributed by atoms with van der Waals surface area (Å²) in [4.78, 5) is 11.3. The summed E-state index contributed by atoms with van der Waals surface area (Å²) in [6.07, 6.45) is 0. The van der Waals surface area contributed by atoms with Crippen molar-refractivity contribution >= 4 is 15.8 Å². The molecular weight excluding hydrogens is 278 g/mol. The van der Waals surface area contributed by atoms with E-state index in [0.29, 0.717) is 11.3 Å². The zero-order valence-electron chi connectivity index (χ0n) is 11.2. The number of hydrogen-bond acceptors (Lipinski definition) is 4. The molecule has 1 N–H and O–H groups in total. The van der Waals surface area contributed by atoms with Crippen LogP contribution in [-0.4, -0.2) is 14.2 Å². The van der Waals surface area contributed by atoms with Gasteiger partial charge >= 0.3 is 0 Å². The minimum absolute atomic E-state index is 0.0634. The number of carbonyl (C=O) groups is 1. The fourth-order valence-electron chi connectivity index (χ4n) is 1.71. The molecule has 2 rings (SSSR count). The molecule has 5 nitrogen and oxygen atoms in total. The standard InChI is InChI=1S/C14H15NO4S/c1-10-6-7-13(19-10)9-15-20(17,18)14-5-3-4-12(8-14)11(2)16/h3-8,15H,9H2,1-2H3. The smallest absolute Gasteiger partial charge is 0.240 e. The molecule has 0 amide bonds. The Morgan fingerprint density at radius 2 is 2.00 bits per heavy atom. The summed E-state index contributed by atoms with van der Waals surface area (Å²) in [6, 6.07) is 9.41. The topological polar surface area (TPSA) is 76.4 Å². The Labute approximate surface area is 117 Å². The maximum atomic E-state index is 12.1. The van der Waals surface area contributed by atoms with E-state index < -0.39 is 10.0 Å². The molecule has 0 atom stereocenters. The van der Waals surface area contributed by atoms with Crippen LogP contribution in [0.2, 0.25) is 0 Å². The van der Waals surface area contributed by atoms with Crippen LogP contribution in [-0.2, 0) is 16.6 Å². The second kappa shape index (κ2) is 5.60. The number of aryl methyl sites for hydroxylation is 1. The number of furan rings is 1. The van der Waals surface area contributed by atoms with Crippen molar-refractivity contribution in [2.45, 2.75) is 25.3 Å². The van der Waals surface area contributed by atoms with Gasteiger partial charge in [-0.3, -0.25) is 4.79 Å². The van der Waals surface area contributed by atoms with Crippen LogP contribution in [0.25, 0.3) is 0 Å². The summed E-state index contributed by atoms with van der Waals surface area (Å²) < 4.78 is 32.0. The average molecular weight is 293 g/mol. The number of ketones is 1. The zero-order valence-corrected chi connectivity index (χ0v) is 12.0. The van der Waals surface area contributed by atoms with E-state index in [0.717, 1.165) is 5.76 Å². The molecular formula is C14H15NO4S. The molecule has 106 valence electrons. The number of nitrogens with one attached hydrogen (secondary N) is 1. The first kappa shape index (κ1) is 14.5. The van der Waals surface area contributed by atoms with E-state index >= 15 is 0 Å². The fourth-order valence-corrected chi connectivity index (χ4v) is 2.75. The van der Waals surface area contributed by atoms with Gasteiger partial charge in [0.1, 0.15) is 11.5 Å². The van der Waals surface area contributed by atoms with Crippen LogP contribution in [0.3, 0.4) is 0 Å². The first-order valence-electron chi connectivity index (χ1n) is 6.04. The quantitative estimate of drug-likeness (QED) is 0.858. The number of rotatable bonds is 5. The van der Waals surface area contributed by atoms with E-state index in [1.54, 1.807) is 31.2 Å². The molecule has 0 aliphatic carbocycles. The van der Waals surface area contributed by atoms with Crippen LogP contribution in [0.1, 0.15) is 28.8 Å². The summed E-state index contributed by atoms with van der Waals surface area (Å²) in [7, 11) is -3.67. The van der Waals surface area contributed by atoms with Gasteiger partial charge in [0.2, 0.25) is 10.0 Å². The Morgan fingerprint density at radius 3 is 2.60 bits per heavy atom. The molecule has 0 bridgehead atoms. The number of carbonyl (C=O) groups excluding carboxylic acids is 1. The normalized spacial score (nSPS) is 11.5. The van der Waals surface area contributed by atoms with Gasteiger partial charge in [0.25, 0.3) is 0 Å². The maximum absolute atomic E-state index is 12.1. The molecule has 0 aliphatic heterocycles. The van der Waals surface area contributed by atoms with E-state index in [1.165, 1.54) is 19.1 Å². The first-order valence-corrected chi connectivity index (χ1v) is 7.53. The highest BCUT2D eigenvalue weighted by Crippen LogP contribution is 2.13. The minimum Gasteiger partial charge on any atom is -0.465 e. The summed E-state index contributed by atoms with van der Waals surface area (Å²) >= 11 is 0. The second-order valence-corrected chi connectivity index (χ2v) is 6.19. The van der Waals surface area contributed by atoms with Crippen molar-refractivity contribution in [1.29, 1.82) is 0 Å². The van der Waals surface area contributed by atoms with Crippen molar-refractivity contribution in [2.75, 3.05) is 0 Å². The third kappa shape index (κ3) is 3.34. The summed E-state index contributed by atoms with van der Waals surface area (Å²) in [5, 5.41) is 0. The Bertz CT molecular complexity index is 731. The van der Waals surface area contributed by atoms with E-state index in [9.17, 15) is 13.2 Å². The van der Waals surface area contributed by atoms with Crippen LogP contribution in [0.4, 0.5) is 0 Å². The van der Waals surface area contributed by atoms with Crippen molar-refractivity contribution in [3.63, 3.8) is 0 Å². The predicted octanol–water partition coefficient (Wildman–Crippen LogP) is 2.27. The zero-order chi connectivity index (χ0) is 14.8. The molecule has 2 aromatic rings. The molecule has 0 radical (unpaired) electrons. The van der Waals surface area contributed by atoms with E-state index in [-0.39, 0.29) is 17.2 Å². The Morgan fingerprint density at radius 1 is 1.25 bits per heavy atom. The summed E-state index contributed by atoms with van der Waals surface area (Å²) in [6.45, 7) is 3.25.